The molecule has 0 spiro atoms. The summed E-state index contributed by atoms with van der Waals surface area (Å²) in [6, 6.07) is 0.129. The average Bonchev–Trinajstić information content (AvgIpc) is 2.01. The summed E-state index contributed by atoms with van der Waals surface area (Å²) in [5.74, 6) is 0.0728. The largest absolute Gasteiger partial charge is 0.390 e. The Labute approximate surface area is 81.6 Å². The van der Waals surface area contributed by atoms with Gasteiger partial charge >= 0.3 is 6.18 Å². The number of nitrogens with zero attached hydrogens (tertiary/aromatic N) is 1. The van der Waals surface area contributed by atoms with Crippen molar-refractivity contribution in [3.8, 4) is 0 Å². The third kappa shape index (κ3) is 7.70. The summed E-state index contributed by atoms with van der Waals surface area (Å²) in [5.41, 5.74) is 5.35. The molecule has 1 atom stereocenters. The summed E-state index contributed by atoms with van der Waals surface area (Å²) in [6.07, 6.45) is -4.26. The molecule has 84 valence electrons. The van der Waals surface area contributed by atoms with E-state index in [-0.39, 0.29) is 18.5 Å². The number of halogens is 3. The lowest BCUT2D eigenvalue weighted by Gasteiger charge is -2.11. The smallest absolute Gasteiger partial charge is 0.370 e. The highest BCUT2D eigenvalue weighted by molar-refractivity contribution is 5.78. The number of nitrogens with two attached hydrogens (primary N) is 1. The van der Waals surface area contributed by atoms with Crippen molar-refractivity contribution in [1.29, 1.82) is 0 Å². The van der Waals surface area contributed by atoms with E-state index in [0.29, 0.717) is 0 Å². The molecule has 0 aromatic rings. The van der Waals surface area contributed by atoms with Crippen molar-refractivity contribution >= 4 is 5.96 Å². The topological polar surface area (TPSA) is 50.4 Å². The first-order valence-electron chi connectivity index (χ1n) is 4.48. The molecule has 1 unspecified atom stereocenters. The highest BCUT2D eigenvalue weighted by Crippen LogP contribution is 2.18. The minimum absolute atomic E-state index is 0.0728. The van der Waals surface area contributed by atoms with Crippen LogP contribution in [0.15, 0.2) is 4.99 Å². The van der Waals surface area contributed by atoms with Crippen LogP contribution in [-0.4, -0.2) is 24.7 Å². The van der Waals surface area contributed by atoms with Crippen molar-refractivity contribution in [1.82, 2.24) is 5.32 Å². The lowest BCUT2D eigenvalue weighted by molar-refractivity contribution is -0.132. The van der Waals surface area contributed by atoms with Gasteiger partial charge in [-0.2, -0.15) is 13.2 Å². The van der Waals surface area contributed by atoms with E-state index in [2.05, 4.69) is 10.3 Å². The van der Waals surface area contributed by atoms with Gasteiger partial charge in [-0.25, -0.2) is 0 Å². The number of rotatable bonds is 4. The van der Waals surface area contributed by atoms with Gasteiger partial charge in [0.25, 0.3) is 0 Å². The van der Waals surface area contributed by atoms with Crippen LogP contribution in [0, 0.1) is 0 Å². The molecule has 0 heterocycles. The van der Waals surface area contributed by atoms with E-state index in [9.17, 15) is 13.2 Å². The minimum atomic E-state index is -4.17. The van der Waals surface area contributed by atoms with E-state index < -0.39 is 12.6 Å². The minimum Gasteiger partial charge on any atom is -0.370 e. The third-order valence-electron chi connectivity index (χ3n) is 1.68. The molecule has 0 bridgehead atoms. The molecule has 0 aromatic heterocycles. The molecular formula is C8H16F3N3. The maximum Gasteiger partial charge on any atom is 0.390 e. The summed E-state index contributed by atoms with van der Waals surface area (Å²) in [4.78, 5) is 3.56. The molecule has 0 saturated carbocycles. The van der Waals surface area contributed by atoms with Crippen molar-refractivity contribution in [2.24, 2.45) is 10.7 Å². The van der Waals surface area contributed by atoms with Crippen LogP contribution in [-0.2, 0) is 0 Å². The van der Waals surface area contributed by atoms with Crippen LogP contribution in [0.4, 0.5) is 13.2 Å². The van der Waals surface area contributed by atoms with E-state index in [1.807, 2.05) is 13.8 Å². The summed E-state index contributed by atoms with van der Waals surface area (Å²) in [7, 11) is 0. The Morgan fingerprint density at radius 1 is 1.50 bits per heavy atom. The van der Waals surface area contributed by atoms with E-state index in [4.69, 9.17) is 5.73 Å². The Balaban J connectivity index is 3.77. The van der Waals surface area contributed by atoms with E-state index in [1.54, 1.807) is 0 Å². The average molecular weight is 211 g/mol. The molecule has 0 rings (SSSR count). The molecule has 14 heavy (non-hydrogen) atoms. The van der Waals surface area contributed by atoms with Crippen LogP contribution < -0.4 is 11.1 Å². The summed E-state index contributed by atoms with van der Waals surface area (Å²) >= 11 is 0. The Kier molecular flexibility index (Phi) is 5.34. The van der Waals surface area contributed by atoms with Crippen molar-refractivity contribution < 1.29 is 13.2 Å². The van der Waals surface area contributed by atoms with E-state index in [0.717, 1.165) is 6.42 Å². The molecule has 0 aromatic carbocycles. The monoisotopic (exact) mass is 211 g/mol. The second kappa shape index (κ2) is 5.72. The molecule has 0 saturated heterocycles. The fraction of sp³-hybridized carbons (Fsp3) is 0.875. The van der Waals surface area contributed by atoms with Gasteiger partial charge < -0.3 is 11.1 Å². The zero-order valence-electron chi connectivity index (χ0n) is 8.36. The number of hydrogen-bond acceptors (Lipinski definition) is 1. The van der Waals surface area contributed by atoms with Gasteiger partial charge in [0.15, 0.2) is 5.96 Å². The highest BCUT2D eigenvalue weighted by atomic mass is 19.4. The molecule has 0 aliphatic carbocycles. The molecule has 0 fully saturated rings. The molecule has 0 aliphatic rings. The molecule has 3 N–H and O–H groups in total. The quantitative estimate of drug-likeness (QED) is 0.548. The van der Waals surface area contributed by atoms with Crippen LogP contribution >= 0.6 is 0 Å². The fourth-order valence-electron chi connectivity index (χ4n) is 0.703. The second-order valence-electron chi connectivity index (χ2n) is 3.09. The molecule has 0 aliphatic heterocycles. The number of aliphatic imine (C=N–C) groups is 1. The Morgan fingerprint density at radius 2 is 2.07 bits per heavy atom. The predicted octanol–water partition coefficient (Wildman–Crippen LogP) is 1.64. The highest BCUT2D eigenvalue weighted by Gasteiger charge is 2.26. The van der Waals surface area contributed by atoms with E-state index >= 15 is 0 Å². The maximum atomic E-state index is 11.7. The normalized spacial score (nSPS) is 15.4. The lowest BCUT2D eigenvalue weighted by atomic mass is 10.3. The first kappa shape index (κ1) is 13.1. The summed E-state index contributed by atoms with van der Waals surface area (Å²) < 4.78 is 35.1. The fourth-order valence-corrected chi connectivity index (χ4v) is 0.703. The lowest BCUT2D eigenvalue weighted by Crippen LogP contribution is -2.38. The molecule has 0 amide bonds. The molecular weight excluding hydrogens is 195 g/mol. The Hall–Kier alpha value is -0.940. The van der Waals surface area contributed by atoms with Gasteiger partial charge in [0, 0.05) is 6.04 Å². The SMILES string of the molecule is CCC(C)NC(N)=NCCC(F)(F)F. The van der Waals surface area contributed by atoms with Crippen LogP contribution in [0.3, 0.4) is 0 Å². The maximum absolute atomic E-state index is 11.7. The van der Waals surface area contributed by atoms with Gasteiger partial charge in [-0.1, -0.05) is 6.92 Å². The number of guanidine groups is 1. The van der Waals surface area contributed by atoms with Crippen molar-refractivity contribution in [3.63, 3.8) is 0 Å². The Bertz CT molecular complexity index is 189. The van der Waals surface area contributed by atoms with Crippen molar-refractivity contribution in [2.45, 2.75) is 38.9 Å². The zero-order valence-corrected chi connectivity index (χ0v) is 8.36. The van der Waals surface area contributed by atoms with E-state index in [1.165, 1.54) is 0 Å². The number of alkyl halides is 3. The Morgan fingerprint density at radius 3 is 2.50 bits per heavy atom. The molecule has 0 radical (unpaired) electrons. The third-order valence-corrected chi connectivity index (χ3v) is 1.68. The standard InChI is InChI=1S/C8H16F3N3/c1-3-6(2)14-7(12)13-5-4-8(9,10)11/h6H,3-5H2,1-2H3,(H3,12,13,14). The van der Waals surface area contributed by atoms with Crippen molar-refractivity contribution in [3.05, 3.63) is 0 Å². The van der Waals surface area contributed by atoms with Gasteiger partial charge in [0.05, 0.1) is 13.0 Å². The molecule has 6 heteroatoms. The summed E-state index contributed by atoms with van der Waals surface area (Å²) in [6.45, 7) is 3.51. The van der Waals surface area contributed by atoms with Gasteiger partial charge in [-0.3, -0.25) is 4.99 Å². The van der Waals surface area contributed by atoms with Crippen molar-refractivity contribution in [2.75, 3.05) is 6.54 Å². The second-order valence-corrected chi connectivity index (χ2v) is 3.09. The first-order chi connectivity index (χ1) is 6.35. The van der Waals surface area contributed by atoms with Gasteiger partial charge in [0.1, 0.15) is 0 Å². The predicted molar refractivity (Wildman–Crippen MR) is 50.1 cm³/mol. The zero-order chi connectivity index (χ0) is 11.2. The van der Waals surface area contributed by atoms with Crippen LogP contribution in [0.1, 0.15) is 26.7 Å². The van der Waals surface area contributed by atoms with Gasteiger partial charge in [0.2, 0.25) is 0 Å². The van der Waals surface area contributed by atoms with Crippen LogP contribution in [0.2, 0.25) is 0 Å². The van der Waals surface area contributed by atoms with Gasteiger partial charge in [-0.05, 0) is 13.3 Å². The summed E-state index contributed by atoms with van der Waals surface area (Å²) in [5, 5.41) is 2.78. The first-order valence-corrected chi connectivity index (χ1v) is 4.48. The van der Waals surface area contributed by atoms with Crippen LogP contribution in [0.5, 0.6) is 0 Å². The number of nitrogens with one attached hydrogen (secondary N) is 1. The number of hydrogen-bond donors (Lipinski definition) is 2. The van der Waals surface area contributed by atoms with Gasteiger partial charge in [-0.15, -0.1) is 0 Å². The molecule has 3 nitrogen and oxygen atoms in total. The van der Waals surface area contributed by atoms with Crippen LogP contribution in [0.25, 0.3) is 0 Å².